The smallest absolute Gasteiger partial charge is 0.334 e. The van der Waals surface area contributed by atoms with Crippen LogP contribution in [0.1, 0.15) is 13.3 Å². The van der Waals surface area contributed by atoms with Gasteiger partial charge in [0, 0.05) is 25.7 Å². The fourth-order valence-electron chi connectivity index (χ4n) is 1.95. The molecule has 2 unspecified atom stereocenters. The Morgan fingerprint density at radius 2 is 2.11 bits per heavy atom. The van der Waals surface area contributed by atoms with Crippen molar-refractivity contribution in [3.05, 3.63) is 0 Å². The predicted octanol–water partition coefficient (Wildman–Crippen LogP) is -0.832. The monoisotopic (exact) mass is 259 g/mol. The lowest BCUT2D eigenvalue weighted by atomic mass is 10.1. The topological polar surface area (TPSA) is 93.1 Å². The number of rotatable bonds is 4. The van der Waals surface area contributed by atoms with Gasteiger partial charge in [-0.3, -0.25) is 4.90 Å². The van der Waals surface area contributed by atoms with Crippen molar-refractivity contribution in [2.45, 2.75) is 25.5 Å². The Balaban J connectivity index is 2.40. The molecule has 2 amide bonds. The molecule has 0 saturated carbocycles. The molecule has 0 aliphatic carbocycles. The molecule has 18 heavy (non-hydrogen) atoms. The molecule has 1 aliphatic heterocycles. The summed E-state index contributed by atoms with van der Waals surface area (Å²) in [4.78, 5) is 26.1. The highest BCUT2D eigenvalue weighted by atomic mass is 16.4. The van der Waals surface area contributed by atoms with Gasteiger partial charge in [0.1, 0.15) is 0 Å². The second kappa shape index (κ2) is 6.55. The third-order valence-electron chi connectivity index (χ3n) is 3.27. The van der Waals surface area contributed by atoms with Crippen LogP contribution in [-0.2, 0) is 4.79 Å². The van der Waals surface area contributed by atoms with E-state index in [1.165, 1.54) is 0 Å². The van der Waals surface area contributed by atoms with Gasteiger partial charge in [-0.05, 0) is 13.5 Å². The van der Waals surface area contributed by atoms with Crippen LogP contribution in [0.5, 0.6) is 0 Å². The third-order valence-corrected chi connectivity index (χ3v) is 3.27. The van der Waals surface area contributed by atoms with E-state index in [4.69, 9.17) is 10.2 Å². The number of nitrogens with one attached hydrogen (secondary N) is 1. The van der Waals surface area contributed by atoms with E-state index in [1.54, 1.807) is 4.90 Å². The van der Waals surface area contributed by atoms with Crippen LogP contribution >= 0.6 is 0 Å². The highest BCUT2D eigenvalue weighted by Gasteiger charge is 2.26. The average Bonchev–Trinajstić information content (AvgIpc) is 2.35. The molecule has 0 aromatic carbocycles. The summed E-state index contributed by atoms with van der Waals surface area (Å²) in [5, 5.41) is 20.0. The summed E-state index contributed by atoms with van der Waals surface area (Å²) in [6, 6.07) is 0.00995. The Labute approximate surface area is 106 Å². The van der Waals surface area contributed by atoms with E-state index in [0.717, 1.165) is 13.0 Å². The quantitative estimate of drug-likeness (QED) is 0.612. The first kappa shape index (κ1) is 14.7. The van der Waals surface area contributed by atoms with Crippen LogP contribution in [0.4, 0.5) is 4.79 Å². The Kier molecular flexibility index (Phi) is 5.36. The molecule has 7 heteroatoms. The number of nitrogens with zero attached hydrogens (tertiary/aromatic N) is 2. The van der Waals surface area contributed by atoms with Gasteiger partial charge in [-0.15, -0.1) is 0 Å². The van der Waals surface area contributed by atoms with Crippen molar-refractivity contribution in [1.82, 2.24) is 15.1 Å². The van der Waals surface area contributed by atoms with Crippen LogP contribution in [0.3, 0.4) is 0 Å². The number of hydrogen-bond acceptors (Lipinski definition) is 4. The number of likely N-dealkylation sites (N-methyl/N-ethyl adjacent to an activating group) is 1. The van der Waals surface area contributed by atoms with E-state index >= 15 is 0 Å². The fourth-order valence-corrected chi connectivity index (χ4v) is 1.95. The summed E-state index contributed by atoms with van der Waals surface area (Å²) < 4.78 is 0. The summed E-state index contributed by atoms with van der Waals surface area (Å²) in [5.74, 6) is -1.33. The van der Waals surface area contributed by atoms with Crippen molar-refractivity contribution >= 4 is 12.0 Å². The van der Waals surface area contributed by atoms with Crippen LogP contribution in [0, 0.1) is 0 Å². The van der Waals surface area contributed by atoms with E-state index in [0.29, 0.717) is 19.1 Å². The molecule has 1 fully saturated rings. The van der Waals surface area contributed by atoms with Crippen molar-refractivity contribution < 1.29 is 19.8 Å². The highest BCUT2D eigenvalue weighted by Crippen LogP contribution is 2.10. The van der Waals surface area contributed by atoms with Crippen molar-refractivity contribution in [3.8, 4) is 0 Å². The summed E-state index contributed by atoms with van der Waals surface area (Å²) in [5.41, 5.74) is 0. The number of carboxylic acids is 1. The Bertz CT molecular complexity index is 311. The number of piperazine rings is 1. The van der Waals surface area contributed by atoms with Crippen LogP contribution in [0.2, 0.25) is 0 Å². The second-order valence-corrected chi connectivity index (χ2v) is 4.53. The molecule has 0 aromatic rings. The van der Waals surface area contributed by atoms with Crippen molar-refractivity contribution in [3.63, 3.8) is 0 Å². The van der Waals surface area contributed by atoms with Gasteiger partial charge in [-0.25, -0.2) is 9.59 Å². The van der Waals surface area contributed by atoms with Crippen LogP contribution in [-0.4, -0.2) is 77.4 Å². The van der Waals surface area contributed by atoms with Gasteiger partial charge in [0.25, 0.3) is 0 Å². The first-order chi connectivity index (χ1) is 8.45. The van der Waals surface area contributed by atoms with Gasteiger partial charge >= 0.3 is 12.0 Å². The standard InChI is InChI=1S/C11H21N3O4/c1-3-8-7-14(5-4-13(8)2)11(18)12-6-9(15)10(16)17/h8-9,15H,3-7H2,1-2H3,(H,12,18)(H,16,17). The lowest BCUT2D eigenvalue weighted by Gasteiger charge is -2.39. The zero-order valence-corrected chi connectivity index (χ0v) is 10.8. The van der Waals surface area contributed by atoms with E-state index in [2.05, 4.69) is 17.1 Å². The number of carboxylic acid groups (broad SMARTS) is 1. The molecule has 1 aliphatic rings. The number of aliphatic hydroxyl groups is 1. The number of amides is 2. The van der Waals surface area contributed by atoms with E-state index < -0.39 is 12.1 Å². The summed E-state index contributed by atoms with van der Waals surface area (Å²) in [7, 11) is 2.03. The minimum Gasteiger partial charge on any atom is -0.479 e. The molecule has 104 valence electrons. The molecule has 2 atom stereocenters. The van der Waals surface area contributed by atoms with E-state index in [9.17, 15) is 9.59 Å². The Morgan fingerprint density at radius 1 is 1.44 bits per heavy atom. The summed E-state index contributed by atoms with van der Waals surface area (Å²) in [6.07, 6.45) is -0.596. The molecule has 0 radical (unpaired) electrons. The summed E-state index contributed by atoms with van der Waals surface area (Å²) in [6.45, 7) is 3.84. The first-order valence-electron chi connectivity index (χ1n) is 6.09. The predicted molar refractivity (Wildman–Crippen MR) is 65.3 cm³/mol. The zero-order chi connectivity index (χ0) is 13.7. The molecule has 7 nitrogen and oxygen atoms in total. The maximum atomic E-state index is 11.8. The van der Waals surface area contributed by atoms with Gasteiger partial charge in [0.2, 0.25) is 0 Å². The number of aliphatic carboxylic acids is 1. The number of urea groups is 1. The minimum atomic E-state index is -1.55. The Morgan fingerprint density at radius 3 is 2.67 bits per heavy atom. The normalized spacial score (nSPS) is 22.6. The van der Waals surface area contributed by atoms with Gasteiger partial charge in [0.15, 0.2) is 6.10 Å². The fraction of sp³-hybridized carbons (Fsp3) is 0.818. The molecule has 1 saturated heterocycles. The van der Waals surface area contributed by atoms with Gasteiger partial charge in [0.05, 0.1) is 6.54 Å². The largest absolute Gasteiger partial charge is 0.479 e. The lowest BCUT2D eigenvalue weighted by Crippen LogP contribution is -2.56. The van der Waals surface area contributed by atoms with Gasteiger partial charge in [-0.2, -0.15) is 0 Å². The molecule has 0 spiro atoms. The lowest BCUT2D eigenvalue weighted by molar-refractivity contribution is -0.146. The van der Waals surface area contributed by atoms with Crippen molar-refractivity contribution in [2.75, 3.05) is 33.2 Å². The number of hydrogen-bond donors (Lipinski definition) is 3. The maximum absolute atomic E-state index is 11.8. The SMILES string of the molecule is CCC1CN(C(=O)NCC(O)C(=O)O)CCN1C. The van der Waals surface area contributed by atoms with E-state index in [-0.39, 0.29) is 12.6 Å². The molecule has 3 N–H and O–H groups in total. The van der Waals surface area contributed by atoms with Crippen LogP contribution in [0.15, 0.2) is 0 Å². The summed E-state index contributed by atoms with van der Waals surface area (Å²) >= 11 is 0. The molecular weight excluding hydrogens is 238 g/mol. The zero-order valence-electron chi connectivity index (χ0n) is 10.8. The van der Waals surface area contributed by atoms with E-state index in [1.807, 2.05) is 7.05 Å². The molecule has 1 heterocycles. The molecule has 0 bridgehead atoms. The van der Waals surface area contributed by atoms with Gasteiger partial charge in [-0.1, -0.05) is 6.92 Å². The van der Waals surface area contributed by atoms with Crippen molar-refractivity contribution in [1.29, 1.82) is 0 Å². The second-order valence-electron chi connectivity index (χ2n) is 4.53. The molecule has 0 aromatic heterocycles. The van der Waals surface area contributed by atoms with Gasteiger partial charge < -0.3 is 20.4 Å². The number of carbonyl (C=O) groups is 2. The highest BCUT2D eigenvalue weighted by molar-refractivity contribution is 5.76. The van der Waals surface area contributed by atoms with Crippen LogP contribution < -0.4 is 5.32 Å². The average molecular weight is 259 g/mol. The third kappa shape index (κ3) is 3.85. The molecular formula is C11H21N3O4. The Hall–Kier alpha value is -1.34. The maximum Gasteiger partial charge on any atom is 0.334 e. The number of carbonyl (C=O) groups excluding carboxylic acids is 1. The number of aliphatic hydroxyl groups excluding tert-OH is 1. The first-order valence-corrected chi connectivity index (χ1v) is 6.09. The van der Waals surface area contributed by atoms with Crippen molar-refractivity contribution in [2.24, 2.45) is 0 Å². The van der Waals surface area contributed by atoms with Crippen LogP contribution in [0.25, 0.3) is 0 Å². The minimum absolute atomic E-state index is 0.267. The molecule has 1 rings (SSSR count).